The van der Waals surface area contributed by atoms with E-state index in [1.54, 1.807) is 0 Å². The molecular formula is C62H125NO5. The van der Waals surface area contributed by atoms with Crippen molar-refractivity contribution >= 4 is 5.97 Å². The van der Waals surface area contributed by atoms with Crippen LogP contribution in [0.4, 0.5) is 0 Å². The molecule has 0 heterocycles. The summed E-state index contributed by atoms with van der Waals surface area (Å²) in [5, 5.41) is 0. The maximum Gasteiger partial charge on any atom is 0.305 e. The summed E-state index contributed by atoms with van der Waals surface area (Å²) in [6.45, 7) is 18.9. The molecule has 0 aliphatic carbocycles. The van der Waals surface area contributed by atoms with Crippen LogP contribution in [-0.2, 0) is 23.7 Å². The van der Waals surface area contributed by atoms with E-state index in [1.807, 2.05) is 0 Å². The van der Waals surface area contributed by atoms with Gasteiger partial charge in [-0.15, -0.1) is 0 Å². The molecule has 0 amide bonds. The van der Waals surface area contributed by atoms with Crippen LogP contribution in [0.1, 0.15) is 305 Å². The molecule has 0 atom stereocenters. The Labute approximate surface area is 427 Å². The van der Waals surface area contributed by atoms with Crippen molar-refractivity contribution in [3.63, 3.8) is 0 Å². The molecule has 0 rings (SSSR count). The second kappa shape index (κ2) is 52.6. The first-order valence-electron chi connectivity index (χ1n) is 30.6. The number of carbonyl (C=O) groups excluding carboxylic acids is 1. The Morgan fingerprint density at radius 2 is 0.574 bits per heavy atom. The quantitative estimate of drug-likeness (QED) is 0.0447. The van der Waals surface area contributed by atoms with Gasteiger partial charge in [0.25, 0.3) is 0 Å². The van der Waals surface area contributed by atoms with Gasteiger partial charge in [-0.2, -0.15) is 0 Å². The van der Waals surface area contributed by atoms with Gasteiger partial charge in [-0.3, -0.25) is 4.79 Å². The summed E-state index contributed by atoms with van der Waals surface area (Å²) in [6.07, 6.45) is 53.9. The van der Waals surface area contributed by atoms with Crippen LogP contribution in [0, 0.1) is 23.2 Å². The largest absolute Gasteiger partial charge is 0.465 e. The highest BCUT2D eigenvalue weighted by Gasteiger charge is 2.34. The molecule has 0 aliphatic rings. The molecule has 6 nitrogen and oxygen atoms in total. The van der Waals surface area contributed by atoms with E-state index in [1.165, 1.54) is 231 Å². The highest BCUT2D eigenvalue weighted by Crippen LogP contribution is 2.24. The summed E-state index contributed by atoms with van der Waals surface area (Å²) in [6, 6.07) is 0. The zero-order valence-electron chi connectivity index (χ0n) is 47.9. The first-order chi connectivity index (χ1) is 33.1. The maximum atomic E-state index is 13.0. The average molecular weight is 965 g/mol. The van der Waals surface area contributed by atoms with E-state index in [4.69, 9.17) is 18.9 Å². The van der Waals surface area contributed by atoms with Gasteiger partial charge >= 0.3 is 5.97 Å². The summed E-state index contributed by atoms with van der Waals surface area (Å²) in [7, 11) is 4.11. The SMILES string of the molecule is CC(C)CCCCCCCCCCCCCCOCC(COCCCCCCCCCCCCCCC(C)C)(COCCCCCCCCCCCCCCC(C)C)COC(=O)CCCN(C)C. The number of nitrogens with zero attached hydrogens (tertiary/aromatic N) is 1. The summed E-state index contributed by atoms with van der Waals surface area (Å²) in [5.41, 5.74) is -0.492. The van der Waals surface area contributed by atoms with Gasteiger partial charge in [0.1, 0.15) is 6.61 Å². The lowest BCUT2D eigenvalue weighted by Gasteiger charge is -2.33. The third kappa shape index (κ3) is 53.1. The molecule has 68 heavy (non-hydrogen) atoms. The molecule has 0 radical (unpaired) electrons. The molecule has 0 spiro atoms. The zero-order chi connectivity index (χ0) is 49.9. The van der Waals surface area contributed by atoms with Crippen LogP contribution in [0.5, 0.6) is 0 Å². The summed E-state index contributed by atoms with van der Waals surface area (Å²) < 4.78 is 25.4. The number of rotatable bonds is 57. The van der Waals surface area contributed by atoms with Gasteiger partial charge < -0.3 is 23.8 Å². The smallest absolute Gasteiger partial charge is 0.305 e. The number of esters is 1. The van der Waals surface area contributed by atoms with Gasteiger partial charge in [-0.25, -0.2) is 0 Å². The third-order valence-electron chi connectivity index (χ3n) is 14.2. The van der Waals surface area contributed by atoms with Crippen LogP contribution in [-0.4, -0.2) is 77.8 Å². The van der Waals surface area contributed by atoms with E-state index < -0.39 is 5.41 Å². The first-order valence-corrected chi connectivity index (χ1v) is 30.6. The molecule has 408 valence electrons. The van der Waals surface area contributed by atoms with Gasteiger partial charge in [0.15, 0.2) is 0 Å². The molecule has 0 saturated heterocycles. The van der Waals surface area contributed by atoms with E-state index in [0.717, 1.165) is 69.8 Å². The van der Waals surface area contributed by atoms with Gasteiger partial charge in [0, 0.05) is 26.2 Å². The molecule has 0 aromatic rings. The Hall–Kier alpha value is -0.690. The number of hydrogen-bond donors (Lipinski definition) is 0. The molecule has 0 fully saturated rings. The minimum atomic E-state index is -0.492. The monoisotopic (exact) mass is 964 g/mol. The van der Waals surface area contributed by atoms with Crippen LogP contribution in [0.3, 0.4) is 0 Å². The Balaban J connectivity index is 4.87. The second-order valence-corrected chi connectivity index (χ2v) is 23.5. The lowest BCUT2D eigenvalue weighted by Crippen LogP contribution is -2.42. The summed E-state index contributed by atoms with van der Waals surface area (Å²) >= 11 is 0. The van der Waals surface area contributed by atoms with Crippen molar-refractivity contribution in [1.82, 2.24) is 4.90 Å². The minimum absolute atomic E-state index is 0.124. The number of ether oxygens (including phenoxy) is 4. The Bertz CT molecular complexity index is 886. The van der Waals surface area contributed by atoms with E-state index in [0.29, 0.717) is 32.8 Å². The molecule has 0 bridgehead atoms. The molecular weight excluding hydrogens is 839 g/mol. The Kier molecular flexibility index (Phi) is 52.1. The van der Waals surface area contributed by atoms with Gasteiger partial charge in [0.2, 0.25) is 0 Å². The van der Waals surface area contributed by atoms with Crippen molar-refractivity contribution in [3.05, 3.63) is 0 Å². The molecule has 6 heteroatoms. The van der Waals surface area contributed by atoms with Gasteiger partial charge in [0.05, 0.1) is 25.2 Å². The predicted molar refractivity (Wildman–Crippen MR) is 298 cm³/mol. The van der Waals surface area contributed by atoms with Crippen LogP contribution in [0.15, 0.2) is 0 Å². The van der Waals surface area contributed by atoms with Crippen molar-refractivity contribution in [2.24, 2.45) is 23.2 Å². The van der Waals surface area contributed by atoms with Gasteiger partial charge in [-0.05, 0) is 64.1 Å². The molecule has 0 aromatic carbocycles. The molecule has 0 unspecified atom stereocenters. The zero-order valence-corrected chi connectivity index (χ0v) is 47.9. The summed E-state index contributed by atoms with van der Waals surface area (Å²) in [5.74, 6) is 2.43. The van der Waals surface area contributed by atoms with E-state index in [9.17, 15) is 4.79 Å². The van der Waals surface area contributed by atoms with Crippen LogP contribution in [0.25, 0.3) is 0 Å². The first kappa shape index (κ1) is 67.3. The van der Waals surface area contributed by atoms with E-state index in [-0.39, 0.29) is 5.97 Å². The average Bonchev–Trinajstić information content (AvgIpc) is 3.29. The molecule has 0 aliphatic heterocycles. The number of carbonyl (C=O) groups is 1. The Morgan fingerprint density at radius 1 is 0.338 bits per heavy atom. The lowest BCUT2D eigenvalue weighted by atomic mass is 9.92. The summed E-state index contributed by atoms with van der Waals surface area (Å²) in [4.78, 5) is 15.1. The maximum absolute atomic E-state index is 13.0. The topological polar surface area (TPSA) is 57.2 Å². The highest BCUT2D eigenvalue weighted by atomic mass is 16.5. The van der Waals surface area contributed by atoms with Crippen molar-refractivity contribution < 1.29 is 23.7 Å². The minimum Gasteiger partial charge on any atom is -0.465 e. The standard InChI is InChI=1S/C62H125NO5/c1-58(2)46-39-33-27-21-15-9-12-18-24-30-36-42-51-65-54-62(57-68-61(64)49-45-50-63(7)8,55-66-52-43-37-31-25-19-13-10-16-22-28-34-40-47-59(3)4)56-67-53-44-38-32-26-20-14-11-17-23-29-35-41-48-60(5)6/h58-60H,9-57H2,1-8H3. The van der Waals surface area contributed by atoms with Crippen LogP contribution in [0.2, 0.25) is 0 Å². The predicted octanol–water partition coefficient (Wildman–Crippen LogP) is 19.1. The Morgan fingerprint density at radius 3 is 0.809 bits per heavy atom. The van der Waals surface area contributed by atoms with Crippen molar-refractivity contribution in [2.45, 2.75) is 305 Å². The second-order valence-electron chi connectivity index (χ2n) is 23.5. The van der Waals surface area contributed by atoms with Crippen molar-refractivity contribution in [1.29, 1.82) is 0 Å². The van der Waals surface area contributed by atoms with E-state index >= 15 is 0 Å². The number of hydrogen-bond acceptors (Lipinski definition) is 6. The van der Waals surface area contributed by atoms with E-state index in [2.05, 4.69) is 60.5 Å². The normalized spacial score (nSPS) is 12.2. The fourth-order valence-electron chi connectivity index (χ4n) is 9.53. The lowest BCUT2D eigenvalue weighted by molar-refractivity contribution is -0.156. The fraction of sp³-hybridized carbons (Fsp3) is 0.984. The fourth-order valence-corrected chi connectivity index (χ4v) is 9.53. The number of unbranched alkanes of at least 4 members (excludes halogenated alkanes) is 33. The van der Waals surface area contributed by atoms with Crippen LogP contribution >= 0.6 is 0 Å². The molecule has 0 aromatic heterocycles. The third-order valence-corrected chi connectivity index (χ3v) is 14.2. The van der Waals surface area contributed by atoms with Crippen molar-refractivity contribution in [2.75, 3.05) is 66.9 Å². The highest BCUT2D eigenvalue weighted by molar-refractivity contribution is 5.69. The molecule has 0 saturated carbocycles. The molecule has 0 N–H and O–H groups in total. The van der Waals surface area contributed by atoms with Crippen molar-refractivity contribution in [3.8, 4) is 0 Å². The van der Waals surface area contributed by atoms with Gasteiger partial charge in [-0.1, -0.05) is 273 Å². The van der Waals surface area contributed by atoms with Crippen LogP contribution < -0.4 is 0 Å².